The Morgan fingerprint density at radius 2 is 1.12 bits per heavy atom. The molecule has 4 nitrogen and oxygen atoms in total. The monoisotopic (exact) mass is 541 g/mol. The van der Waals surface area contributed by atoms with E-state index in [1.54, 1.807) is 4.57 Å². The van der Waals surface area contributed by atoms with E-state index >= 15 is 0 Å². The molecule has 5 aromatic carbocycles. The molecule has 0 saturated heterocycles. The quantitative estimate of drug-likeness (QED) is 0.240. The average molecular weight is 542 g/mol. The first-order valence-electron chi connectivity index (χ1n) is 14.3. The van der Waals surface area contributed by atoms with E-state index < -0.39 is 0 Å². The topological polar surface area (TPSA) is 39.8 Å². The van der Waals surface area contributed by atoms with Gasteiger partial charge in [-0.1, -0.05) is 97.1 Å². The van der Waals surface area contributed by atoms with Gasteiger partial charge in [-0.15, -0.1) is 0 Å². The van der Waals surface area contributed by atoms with Crippen LogP contribution >= 0.6 is 0 Å². The van der Waals surface area contributed by atoms with E-state index in [-0.39, 0.29) is 5.56 Å². The van der Waals surface area contributed by atoms with Gasteiger partial charge in [0.1, 0.15) is 5.82 Å². The van der Waals surface area contributed by atoms with Crippen LogP contribution in [0.2, 0.25) is 0 Å². The van der Waals surface area contributed by atoms with E-state index in [0.29, 0.717) is 11.0 Å². The van der Waals surface area contributed by atoms with Crippen LogP contribution in [0.25, 0.3) is 67.8 Å². The van der Waals surface area contributed by atoms with Gasteiger partial charge < -0.3 is 4.57 Å². The summed E-state index contributed by atoms with van der Waals surface area (Å²) in [6.45, 7) is 0. The number of nitrogens with zero attached hydrogens (tertiary/aromatic N) is 3. The number of para-hydroxylation sites is 3. The fraction of sp³-hybridized carbons (Fsp3) is 0.0526. The Hall–Kier alpha value is -5.48. The standard InChI is InChI=1S/C38H27N3O/c42-38-32-16-7-9-17-34(32)39-37(41(38)30-13-5-2-6-14-30)27-21-19-26(20-22-27)28-23-24-36-33(25-28)31-15-8-10-18-35(31)40(36)29-11-3-1-4-12-29/h1-6,8,10-25H,7,9H2. The summed E-state index contributed by atoms with van der Waals surface area (Å²) in [6, 6.07) is 44.0. The summed E-state index contributed by atoms with van der Waals surface area (Å²) in [6.07, 6.45) is 5.85. The zero-order valence-corrected chi connectivity index (χ0v) is 22.9. The minimum Gasteiger partial charge on any atom is -0.309 e. The van der Waals surface area contributed by atoms with Gasteiger partial charge in [-0.3, -0.25) is 9.36 Å². The van der Waals surface area contributed by atoms with Crippen molar-refractivity contribution in [3.63, 3.8) is 0 Å². The number of benzene rings is 5. The van der Waals surface area contributed by atoms with Crippen LogP contribution in [0.15, 0.2) is 132 Å². The minimum absolute atomic E-state index is 0.0264. The number of rotatable bonds is 4. The van der Waals surface area contributed by atoms with Crippen molar-refractivity contribution in [1.29, 1.82) is 0 Å². The summed E-state index contributed by atoms with van der Waals surface area (Å²) in [5, 5.41) is 3.91. The van der Waals surface area contributed by atoms with Crippen molar-refractivity contribution >= 4 is 34.0 Å². The first-order valence-corrected chi connectivity index (χ1v) is 14.3. The lowest BCUT2D eigenvalue weighted by Gasteiger charge is -2.14. The number of fused-ring (bicyclic) bond motifs is 4. The van der Waals surface area contributed by atoms with Crippen LogP contribution in [0.4, 0.5) is 0 Å². The van der Waals surface area contributed by atoms with Gasteiger partial charge in [-0.25, -0.2) is 4.98 Å². The Labute approximate surface area is 242 Å². The van der Waals surface area contributed by atoms with Crippen LogP contribution in [0.1, 0.15) is 12.8 Å². The third-order valence-electron chi connectivity index (χ3n) is 8.18. The smallest absolute Gasteiger partial charge is 0.265 e. The van der Waals surface area contributed by atoms with Crippen LogP contribution in [-0.4, -0.2) is 14.1 Å². The molecular weight excluding hydrogens is 514 g/mol. The molecular formula is C38H27N3O. The predicted molar refractivity (Wildman–Crippen MR) is 172 cm³/mol. The molecule has 200 valence electrons. The molecule has 2 aromatic heterocycles. The summed E-state index contributed by atoms with van der Waals surface area (Å²) >= 11 is 0. The zero-order valence-electron chi connectivity index (χ0n) is 22.9. The second-order valence-corrected chi connectivity index (χ2v) is 10.7. The average Bonchev–Trinajstić information content (AvgIpc) is 3.39. The minimum atomic E-state index is -0.0264. The fourth-order valence-electron chi connectivity index (χ4n) is 6.18. The Morgan fingerprint density at radius 3 is 1.88 bits per heavy atom. The Kier molecular flexibility index (Phi) is 5.71. The lowest BCUT2D eigenvalue weighted by molar-refractivity contribution is 0.904. The Morgan fingerprint density at radius 1 is 0.524 bits per heavy atom. The normalized spacial score (nSPS) is 12.6. The lowest BCUT2D eigenvalue weighted by atomic mass is 10.0. The zero-order chi connectivity index (χ0) is 28.0. The molecule has 0 fully saturated rings. The molecule has 7 aromatic rings. The SMILES string of the molecule is O=c1c2c(nc(-c3ccc(-c4ccc5c(c4)c4ccccc4n5-c4ccccc4)cc3)n1-c1ccccc1)=CCCC=2. The van der Waals surface area contributed by atoms with Gasteiger partial charge in [0.2, 0.25) is 0 Å². The highest BCUT2D eigenvalue weighted by molar-refractivity contribution is 6.10. The Bertz CT molecular complexity index is 2300. The third kappa shape index (κ3) is 3.92. The number of hydrogen-bond acceptors (Lipinski definition) is 2. The van der Waals surface area contributed by atoms with Crippen LogP contribution < -0.4 is 16.1 Å². The van der Waals surface area contributed by atoms with Gasteiger partial charge in [0.15, 0.2) is 0 Å². The molecule has 42 heavy (non-hydrogen) atoms. The Balaban J connectivity index is 1.26. The summed E-state index contributed by atoms with van der Waals surface area (Å²) in [7, 11) is 0. The van der Waals surface area contributed by atoms with Gasteiger partial charge in [0.25, 0.3) is 5.56 Å². The molecule has 1 aliphatic rings. The molecule has 0 atom stereocenters. The van der Waals surface area contributed by atoms with E-state index in [0.717, 1.165) is 46.3 Å². The fourth-order valence-corrected chi connectivity index (χ4v) is 6.18. The summed E-state index contributed by atoms with van der Waals surface area (Å²) in [5.41, 5.74) is 7.48. The first-order chi connectivity index (χ1) is 20.8. The van der Waals surface area contributed by atoms with Crippen molar-refractivity contribution in [3.05, 3.63) is 148 Å². The predicted octanol–water partition coefficient (Wildman–Crippen LogP) is 7.02. The van der Waals surface area contributed by atoms with Crippen LogP contribution in [0.5, 0.6) is 0 Å². The van der Waals surface area contributed by atoms with Crippen molar-refractivity contribution in [1.82, 2.24) is 14.1 Å². The van der Waals surface area contributed by atoms with E-state index in [1.807, 2.05) is 36.4 Å². The van der Waals surface area contributed by atoms with Crippen LogP contribution in [0.3, 0.4) is 0 Å². The van der Waals surface area contributed by atoms with Crippen LogP contribution in [0, 0.1) is 0 Å². The van der Waals surface area contributed by atoms with E-state index in [1.165, 1.54) is 21.8 Å². The molecule has 8 rings (SSSR count). The highest BCUT2D eigenvalue weighted by Crippen LogP contribution is 2.35. The van der Waals surface area contributed by atoms with Gasteiger partial charge in [0, 0.05) is 22.0 Å². The van der Waals surface area contributed by atoms with Gasteiger partial charge in [-0.2, -0.15) is 0 Å². The molecule has 0 amide bonds. The molecule has 2 heterocycles. The van der Waals surface area contributed by atoms with Gasteiger partial charge in [-0.05, 0) is 66.4 Å². The van der Waals surface area contributed by atoms with Crippen molar-refractivity contribution in [3.8, 4) is 33.9 Å². The van der Waals surface area contributed by atoms with E-state index in [9.17, 15) is 4.79 Å². The summed E-state index contributed by atoms with van der Waals surface area (Å²) < 4.78 is 4.07. The van der Waals surface area contributed by atoms with Crippen LogP contribution in [-0.2, 0) is 0 Å². The van der Waals surface area contributed by atoms with Gasteiger partial charge >= 0.3 is 0 Å². The van der Waals surface area contributed by atoms with Crippen molar-refractivity contribution < 1.29 is 0 Å². The summed E-state index contributed by atoms with van der Waals surface area (Å²) in [4.78, 5) is 18.7. The second kappa shape index (κ2) is 9.86. The van der Waals surface area contributed by atoms with Crippen molar-refractivity contribution in [2.75, 3.05) is 0 Å². The maximum absolute atomic E-state index is 13.7. The number of aromatic nitrogens is 3. The largest absolute Gasteiger partial charge is 0.309 e. The number of hydrogen-bond donors (Lipinski definition) is 0. The molecule has 4 heteroatoms. The molecule has 0 N–H and O–H groups in total. The molecule has 0 saturated carbocycles. The van der Waals surface area contributed by atoms with Crippen molar-refractivity contribution in [2.24, 2.45) is 0 Å². The molecule has 1 aliphatic carbocycles. The van der Waals surface area contributed by atoms with E-state index in [4.69, 9.17) is 4.98 Å². The van der Waals surface area contributed by atoms with E-state index in [2.05, 4.69) is 108 Å². The molecule has 0 spiro atoms. The molecule has 0 bridgehead atoms. The van der Waals surface area contributed by atoms with Crippen molar-refractivity contribution in [2.45, 2.75) is 12.8 Å². The maximum Gasteiger partial charge on any atom is 0.265 e. The third-order valence-corrected chi connectivity index (χ3v) is 8.18. The van der Waals surface area contributed by atoms with Gasteiger partial charge in [0.05, 0.1) is 27.3 Å². The lowest BCUT2D eigenvalue weighted by Crippen LogP contribution is -2.48. The maximum atomic E-state index is 13.7. The molecule has 0 unspecified atom stereocenters. The summed E-state index contributed by atoms with van der Waals surface area (Å²) in [5.74, 6) is 0.657. The molecule has 0 aliphatic heterocycles. The molecule has 0 radical (unpaired) electrons. The first kappa shape index (κ1) is 24.3. The highest BCUT2D eigenvalue weighted by atomic mass is 16.1. The highest BCUT2D eigenvalue weighted by Gasteiger charge is 2.16. The second-order valence-electron chi connectivity index (χ2n) is 10.7.